The monoisotopic (exact) mass is 325 g/mol. The quantitative estimate of drug-likeness (QED) is 0.817. The van der Waals surface area contributed by atoms with Gasteiger partial charge in [-0.25, -0.2) is 9.97 Å². The highest BCUT2D eigenvalue weighted by molar-refractivity contribution is 9.10. The Bertz CT molecular complexity index is 446. The summed E-state index contributed by atoms with van der Waals surface area (Å²) >= 11 is 3.51. The zero-order chi connectivity index (χ0) is 13.2. The predicted molar refractivity (Wildman–Crippen MR) is 78.4 cm³/mol. The van der Waals surface area contributed by atoms with Gasteiger partial charge in [-0.15, -0.1) is 0 Å². The number of hydrogen-bond donors (Lipinski definition) is 1. The molecule has 2 saturated carbocycles. The molecule has 3 rings (SSSR count). The molecule has 4 nitrogen and oxygen atoms in total. The fourth-order valence-electron chi connectivity index (χ4n) is 2.52. The highest BCUT2D eigenvalue weighted by Crippen LogP contribution is 2.39. The molecule has 0 aliphatic heterocycles. The summed E-state index contributed by atoms with van der Waals surface area (Å²) in [6.45, 7) is 1.12. The summed E-state index contributed by atoms with van der Waals surface area (Å²) in [5.74, 6) is 2.58. The Morgan fingerprint density at radius 3 is 2.63 bits per heavy atom. The Morgan fingerprint density at radius 2 is 2.05 bits per heavy atom. The lowest BCUT2D eigenvalue weighted by atomic mass is 9.91. The van der Waals surface area contributed by atoms with E-state index < -0.39 is 0 Å². The second-order valence-electron chi connectivity index (χ2n) is 5.54. The Balaban J connectivity index is 1.83. The topological polar surface area (TPSA) is 49.2 Å². The summed E-state index contributed by atoms with van der Waals surface area (Å²) in [7, 11) is 0. The molecule has 0 radical (unpaired) electrons. The minimum atomic E-state index is 0.241. The lowest BCUT2D eigenvalue weighted by Crippen LogP contribution is -2.41. The van der Waals surface area contributed by atoms with Crippen molar-refractivity contribution in [3.8, 4) is 0 Å². The van der Waals surface area contributed by atoms with Gasteiger partial charge in [-0.05, 0) is 54.5 Å². The minimum absolute atomic E-state index is 0.241. The van der Waals surface area contributed by atoms with E-state index in [2.05, 4.69) is 25.8 Å². The van der Waals surface area contributed by atoms with Crippen molar-refractivity contribution in [3.05, 3.63) is 16.5 Å². The highest BCUT2D eigenvalue weighted by atomic mass is 79.9. The number of rotatable bonds is 6. The molecule has 0 spiro atoms. The maximum Gasteiger partial charge on any atom is 0.135 e. The van der Waals surface area contributed by atoms with Crippen molar-refractivity contribution < 1.29 is 5.11 Å². The molecule has 1 heterocycles. The van der Waals surface area contributed by atoms with Gasteiger partial charge < -0.3 is 10.0 Å². The van der Waals surface area contributed by atoms with E-state index in [4.69, 9.17) is 10.1 Å². The Morgan fingerprint density at radius 1 is 1.26 bits per heavy atom. The molecule has 5 heteroatoms. The molecule has 0 bridgehead atoms. The fourth-order valence-corrected chi connectivity index (χ4v) is 2.90. The van der Waals surface area contributed by atoms with Crippen molar-refractivity contribution in [2.45, 2.75) is 50.5 Å². The molecule has 1 aromatic heterocycles. The molecule has 1 aromatic rings. The van der Waals surface area contributed by atoms with Crippen LogP contribution in [0.15, 0.2) is 10.7 Å². The largest absolute Gasteiger partial charge is 0.396 e. The number of aliphatic hydroxyl groups is 1. The number of hydrogen-bond acceptors (Lipinski definition) is 4. The number of nitrogens with zero attached hydrogens (tertiary/aromatic N) is 3. The third kappa shape index (κ3) is 3.08. The van der Waals surface area contributed by atoms with E-state index in [1.54, 1.807) is 0 Å². The first-order valence-corrected chi connectivity index (χ1v) is 7.99. The maximum absolute atomic E-state index is 9.07. The Hall–Kier alpha value is -0.680. The summed E-state index contributed by atoms with van der Waals surface area (Å²) in [6, 6.07) is 2.61. The molecule has 1 N–H and O–H groups in total. The molecule has 2 aliphatic carbocycles. The van der Waals surface area contributed by atoms with Crippen molar-refractivity contribution in [2.24, 2.45) is 0 Å². The fraction of sp³-hybridized carbons (Fsp3) is 0.714. The van der Waals surface area contributed by atoms with Crippen LogP contribution >= 0.6 is 15.9 Å². The van der Waals surface area contributed by atoms with Crippen LogP contribution in [-0.2, 0) is 0 Å². The molecule has 2 aliphatic rings. The van der Waals surface area contributed by atoms with Crippen LogP contribution in [0, 0.1) is 0 Å². The van der Waals surface area contributed by atoms with Gasteiger partial charge in [-0.1, -0.05) is 0 Å². The van der Waals surface area contributed by atoms with Gasteiger partial charge in [0.1, 0.15) is 16.2 Å². The average Bonchev–Trinajstić information content (AvgIpc) is 3.15. The summed E-state index contributed by atoms with van der Waals surface area (Å²) in [5.41, 5.74) is 0. The second kappa shape index (κ2) is 5.75. The number of aliphatic hydroxyl groups excluding tert-OH is 1. The Labute approximate surface area is 122 Å². The third-order valence-corrected chi connectivity index (χ3v) is 4.41. The second-order valence-corrected chi connectivity index (χ2v) is 6.35. The summed E-state index contributed by atoms with van der Waals surface area (Å²) in [4.78, 5) is 11.6. The molecule has 19 heavy (non-hydrogen) atoms. The van der Waals surface area contributed by atoms with Gasteiger partial charge >= 0.3 is 0 Å². The van der Waals surface area contributed by atoms with Gasteiger partial charge in [0.2, 0.25) is 0 Å². The standard InChI is InChI=1S/C14H20BrN3O/c15-12-9-13(17-14(16-12)10-5-6-10)18(7-2-8-19)11-3-1-4-11/h9-11,19H,1-8H2. The van der Waals surface area contributed by atoms with Gasteiger partial charge in [0.25, 0.3) is 0 Å². The van der Waals surface area contributed by atoms with Gasteiger partial charge in [0.15, 0.2) is 0 Å². The lowest BCUT2D eigenvalue weighted by Gasteiger charge is -2.38. The molecule has 2 fully saturated rings. The van der Waals surface area contributed by atoms with Gasteiger partial charge in [-0.3, -0.25) is 0 Å². The van der Waals surface area contributed by atoms with Crippen LogP contribution in [0.5, 0.6) is 0 Å². The van der Waals surface area contributed by atoms with Crippen molar-refractivity contribution in [1.29, 1.82) is 0 Å². The number of halogens is 1. The first-order chi connectivity index (χ1) is 9.28. The van der Waals surface area contributed by atoms with Gasteiger partial charge in [-0.2, -0.15) is 0 Å². The number of anilines is 1. The van der Waals surface area contributed by atoms with E-state index >= 15 is 0 Å². The maximum atomic E-state index is 9.07. The first kappa shape index (κ1) is 13.3. The summed E-state index contributed by atoms with van der Waals surface area (Å²) < 4.78 is 0.882. The third-order valence-electron chi connectivity index (χ3n) is 4.01. The molecule has 0 saturated heterocycles. The van der Waals surface area contributed by atoms with E-state index in [1.165, 1.54) is 32.1 Å². The normalized spacial score (nSPS) is 19.3. The van der Waals surface area contributed by atoms with Crippen molar-refractivity contribution in [1.82, 2.24) is 9.97 Å². The first-order valence-electron chi connectivity index (χ1n) is 7.20. The van der Waals surface area contributed by atoms with Crippen LogP contribution in [0.25, 0.3) is 0 Å². The average molecular weight is 326 g/mol. The highest BCUT2D eigenvalue weighted by Gasteiger charge is 2.30. The van der Waals surface area contributed by atoms with E-state index in [-0.39, 0.29) is 6.61 Å². The van der Waals surface area contributed by atoms with Crippen LogP contribution in [-0.4, -0.2) is 34.3 Å². The smallest absolute Gasteiger partial charge is 0.135 e. The molecular weight excluding hydrogens is 306 g/mol. The zero-order valence-electron chi connectivity index (χ0n) is 11.1. The van der Waals surface area contributed by atoms with E-state index in [0.717, 1.165) is 29.2 Å². The van der Waals surface area contributed by atoms with E-state index in [0.29, 0.717) is 12.0 Å². The predicted octanol–water partition coefficient (Wildman–Crippen LogP) is 2.86. The Kier molecular flexibility index (Phi) is 4.03. The van der Waals surface area contributed by atoms with Crippen molar-refractivity contribution >= 4 is 21.7 Å². The van der Waals surface area contributed by atoms with Crippen molar-refractivity contribution in [3.63, 3.8) is 0 Å². The van der Waals surface area contributed by atoms with Crippen LogP contribution in [0.2, 0.25) is 0 Å². The van der Waals surface area contributed by atoms with Crippen LogP contribution in [0.1, 0.15) is 50.3 Å². The zero-order valence-corrected chi connectivity index (χ0v) is 12.6. The molecular formula is C14H20BrN3O. The minimum Gasteiger partial charge on any atom is -0.396 e. The van der Waals surface area contributed by atoms with Gasteiger partial charge in [0, 0.05) is 31.2 Å². The molecule has 104 valence electrons. The molecule has 0 atom stereocenters. The lowest BCUT2D eigenvalue weighted by molar-refractivity contribution is 0.282. The van der Waals surface area contributed by atoms with E-state index in [9.17, 15) is 0 Å². The molecule has 0 unspecified atom stereocenters. The summed E-state index contributed by atoms with van der Waals surface area (Å²) in [6.07, 6.45) is 7.03. The van der Waals surface area contributed by atoms with Gasteiger partial charge in [0.05, 0.1) is 0 Å². The SMILES string of the molecule is OCCCN(c1cc(Br)nc(C2CC2)n1)C1CCC1. The molecule has 0 amide bonds. The van der Waals surface area contributed by atoms with Crippen LogP contribution < -0.4 is 4.90 Å². The molecule has 0 aromatic carbocycles. The van der Waals surface area contributed by atoms with Crippen LogP contribution in [0.4, 0.5) is 5.82 Å². The van der Waals surface area contributed by atoms with Crippen LogP contribution in [0.3, 0.4) is 0 Å². The van der Waals surface area contributed by atoms with Crippen molar-refractivity contribution in [2.75, 3.05) is 18.1 Å². The number of aromatic nitrogens is 2. The summed E-state index contributed by atoms with van der Waals surface area (Å²) in [5, 5.41) is 9.07. The van der Waals surface area contributed by atoms with E-state index in [1.807, 2.05) is 6.07 Å².